The molecule has 1 saturated heterocycles. The number of aliphatic hydroxyl groups excluding tert-OH is 1. The third kappa shape index (κ3) is 4.18. The van der Waals surface area contributed by atoms with Crippen molar-refractivity contribution in [3.05, 3.63) is 113 Å². The SMILES string of the molecule is COc1cccc(OC)c1/C(O)=C1\C(=O)C(=O)N(Cc2ccc(F)cc2)C1c1cccc2ccccc12. The van der Waals surface area contributed by atoms with Gasteiger partial charge in [-0.05, 0) is 46.2 Å². The van der Waals surface area contributed by atoms with E-state index in [9.17, 15) is 19.1 Å². The zero-order valence-corrected chi connectivity index (χ0v) is 20.3. The summed E-state index contributed by atoms with van der Waals surface area (Å²) < 4.78 is 24.5. The zero-order chi connectivity index (χ0) is 26.1. The van der Waals surface area contributed by atoms with E-state index in [2.05, 4.69) is 0 Å². The molecule has 6 nitrogen and oxygen atoms in total. The van der Waals surface area contributed by atoms with Crippen molar-refractivity contribution in [3.8, 4) is 11.5 Å². The Balaban J connectivity index is 1.77. The number of rotatable bonds is 6. The molecule has 1 aliphatic rings. The van der Waals surface area contributed by atoms with E-state index in [1.807, 2.05) is 42.5 Å². The van der Waals surface area contributed by atoms with Gasteiger partial charge in [-0.2, -0.15) is 0 Å². The van der Waals surface area contributed by atoms with Gasteiger partial charge in [0.05, 0.1) is 25.8 Å². The molecule has 0 saturated carbocycles. The number of carbonyl (C=O) groups is 2. The zero-order valence-electron chi connectivity index (χ0n) is 20.3. The average Bonchev–Trinajstić information content (AvgIpc) is 3.17. The molecular weight excluding hydrogens is 473 g/mol. The van der Waals surface area contributed by atoms with Crippen LogP contribution in [-0.4, -0.2) is 35.9 Å². The quantitative estimate of drug-likeness (QED) is 0.213. The molecule has 1 aliphatic heterocycles. The lowest BCUT2D eigenvalue weighted by Gasteiger charge is -2.27. The van der Waals surface area contributed by atoms with Gasteiger partial charge in [-0.15, -0.1) is 0 Å². The molecule has 1 fully saturated rings. The lowest BCUT2D eigenvalue weighted by Crippen LogP contribution is -2.29. The number of Topliss-reactive ketones (excluding diaryl/α,β-unsaturated/α-hetero) is 1. The number of nitrogens with zero attached hydrogens (tertiary/aromatic N) is 1. The van der Waals surface area contributed by atoms with Crippen molar-refractivity contribution in [1.82, 2.24) is 4.90 Å². The summed E-state index contributed by atoms with van der Waals surface area (Å²) in [5.74, 6) is -1.81. The molecule has 0 aliphatic carbocycles. The highest BCUT2D eigenvalue weighted by Crippen LogP contribution is 2.45. The average molecular weight is 498 g/mol. The number of methoxy groups -OCH3 is 2. The van der Waals surface area contributed by atoms with Crippen LogP contribution in [0.15, 0.2) is 90.5 Å². The van der Waals surface area contributed by atoms with E-state index in [4.69, 9.17) is 9.47 Å². The second-order valence-corrected chi connectivity index (χ2v) is 8.66. The Morgan fingerprint density at radius 2 is 1.49 bits per heavy atom. The predicted octanol–water partition coefficient (Wildman–Crippen LogP) is 5.62. The van der Waals surface area contributed by atoms with Gasteiger partial charge in [0.15, 0.2) is 0 Å². The van der Waals surface area contributed by atoms with Crippen molar-refractivity contribution in [2.45, 2.75) is 12.6 Å². The third-order valence-corrected chi connectivity index (χ3v) is 6.59. The summed E-state index contributed by atoms with van der Waals surface area (Å²) in [6, 6.07) is 23.1. The van der Waals surface area contributed by atoms with Gasteiger partial charge in [0.1, 0.15) is 28.6 Å². The molecule has 0 spiro atoms. The van der Waals surface area contributed by atoms with Crippen LogP contribution < -0.4 is 9.47 Å². The van der Waals surface area contributed by atoms with Gasteiger partial charge in [0.2, 0.25) is 0 Å². The molecule has 4 aromatic carbocycles. The summed E-state index contributed by atoms with van der Waals surface area (Å²) in [6.07, 6.45) is 0. The van der Waals surface area contributed by atoms with E-state index in [1.54, 1.807) is 30.3 Å². The van der Waals surface area contributed by atoms with Crippen LogP contribution in [0.4, 0.5) is 4.39 Å². The molecule has 1 amide bonds. The van der Waals surface area contributed by atoms with Crippen molar-refractivity contribution in [2.24, 2.45) is 0 Å². The Labute approximate surface area is 213 Å². The number of fused-ring (bicyclic) bond motifs is 1. The van der Waals surface area contributed by atoms with Crippen LogP contribution in [0.3, 0.4) is 0 Å². The number of ketones is 1. The first kappa shape index (κ1) is 24.1. The van der Waals surface area contributed by atoms with Crippen molar-refractivity contribution >= 4 is 28.2 Å². The fraction of sp³-hybridized carbons (Fsp3) is 0.133. The summed E-state index contributed by atoms with van der Waals surface area (Å²) >= 11 is 0. The lowest BCUT2D eigenvalue weighted by atomic mass is 9.91. The van der Waals surface area contributed by atoms with E-state index in [1.165, 1.54) is 31.3 Å². The summed E-state index contributed by atoms with van der Waals surface area (Å²) in [5.41, 5.74) is 1.42. The Hall–Kier alpha value is -4.65. The molecule has 1 unspecified atom stereocenters. The summed E-state index contributed by atoms with van der Waals surface area (Å²) in [5, 5.41) is 13.4. The minimum absolute atomic E-state index is 0.0403. The highest BCUT2D eigenvalue weighted by molar-refractivity contribution is 6.46. The number of aliphatic hydroxyl groups is 1. The molecule has 5 rings (SSSR count). The van der Waals surface area contributed by atoms with E-state index < -0.39 is 29.3 Å². The number of amides is 1. The van der Waals surface area contributed by atoms with Crippen molar-refractivity contribution < 1.29 is 28.6 Å². The van der Waals surface area contributed by atoms with Crippen LogP contribution in [0.5, 0.6) is 11.5 Å². The number of halogens is 1. The van der Waals surface area contributed by atoms with Crippen molar-refractivity contribution in [3.63, 3.8) is 0 Å². The number of carbonyl (C=O) groups excluding carboxylic acids is 2. The van der Waals surface area contributed by atoms with Gasteiger partial charge in [0, 0.05) is 6.54 Å². The first-order chi connectivity index (χ1) is 17.9. The highest BCUT2D eigenvalue weighted by atomic mass is 19.1. The molecule has 4 aromatic rings. The number of hydrogen-bond acceptors (Lipinski definition) is 5. The van der Waals surface area contributed by atoms with Crippen LogP contribution in [0, 0.1) is 5.82 Å². The van der Waals surface area contributed by atoms with Gasteiger partial charge in [-0.1, -0.05) is 60.7 Å². The Kier molecular flexibility index (Phi) is 6.36. The van der Waals surface area contributed by atoms with Crippen LogP contribution >= 0.6 is 0 Å². The van der Waals surface area contributed by atoms with Gasteiger partial charge >= 0.3 is 0 Å². The first-order valence-corrected chi connectivity index (χ1v) is 11.7. The molecule has 186 valence electrons. The summed E-state index contributed by atoms with van der Waals surface area (Å²) in [4.78, 5) is 28.4. The smallest absolute Gasteiger partial charge is 0.295 e. The lowest BCUT2D eigenvalue weighted by molar-refractivity contribution is -0.140. The predicted molar refractivity (Wildman–Crippen MR) is 138 cm³/mol. The minimum Gasteiger partial charge on any atom is -0.506 e. The van der Waals surface area contributed by atoms with Gasteiger partial charge in [-0.25, -0.2) is 4.39 Å². The second kappa shape index (κ2) is 9.78. The maximum absolute atomic E-state index is 13.6. The maximum atomic E-state index is 13.6. The molecule has 0 radical (unpaired) electrons. The van der Waals surface area contributed by atoms with E-state index >= 15 is 0 Å². The fourth-order valence-corrected chi connectivity index (χ4v) is 4.86. The molecule has 0 bridgehead atoms. The molecule has 7 heteroatoms. The second-order valence-electron chi connectivity index (χ2n) is 8.66. The van der Waals surface area contributed by atoms with Gasteiger partial charge < -0.3 is 19.5 Å². The molecule has 1 N–H and O–H groups in total. The van der Waals surface area contributed by atoms with Crippen molar-refractivity contribution in [2.75, 3.05) is 14.2 Å². The van der Waals surface area contributed by atoms with Crippen LogP contribution in [0.1, 0.15) is 22.7 Å². The number of hydrogen-bond donors (Lipinski definition) is 1. The largest absolute Gasteiger partial charge is 0.506 e. The standard InChI is InChI=1S/C30H24FNO5/c1-36-23-11-6-12-24(37-2)25(23)28(33)26-27(22-10-5-8-19-7-3-4-9-21(19)22)32(30(35)29(26)34)17-18-13-15-20(31)16-14-18/h3-16,27,33H,17H2,1-2H3/b28-26+. The molecule has 1 atom stereocenters. The molecule has 37 heavy (non-hydrogen) atoms. The molecular formula is C30H24FNO5. The van der Waals surface area contributed by atoms with E-state index in [-0.39, 0.29) is 17.7 Å². The normalized spacial score (nSPS) is 16.8. The fourth-order valence-electron chi connectivity index (χ4n) is 4.86. The van der Waals surface area contributed by atoms with Crippen molar-refractivity contribution in [1.29, 1.82) is 0 Å². The molecule has 0 aromatic heterocycles. The van der Waals surface area contributed by atoms with Crippen LogP contribution in [0.25, 0.3) is 16.5 Å². The van der Waals surface area contributed by atoms with Gasteiger partial charge in [0.25, 0.3) is 11.7 Å². The maximum Gasteiger partial charge on any atom is 0.295 e. The van der Waals surface area contributed by atoms with Gasteiger partial charge in [-0.3, -0.25) is 9.59 Å². The topological polar surface area (TPSA) is 76.1 Å². The Bertz CT molecular complexity index is 1520. The third-order valence-electron chi connectivity index (χ3n) is 6.59. The van der Waals surface area contributed by atoms with E-state index in [0.717, 1.165) is 10.8 Å². The summed E-state index contributed by atoms with van der Waals surface area (Å²) in [7, 11) is 2.89. The molecule has 1 heterocycles. The first-order valence-electron chi connectivity index (χ1n) is 11.7. The highest BCUT2D eigenvalue weighted by Gasteiger charge is 2.47. The van der Waals surface area contributed by atoms with E-state index in [0.29, 0.717) is 22.6 Å². The Morgan fingerprint density at radius 1 is 0.865 bits per heavy atom. The monoisotopic (exact) mass is 497 g/mol. The number of benzene rings is 4. The summed E-state index contributed by atoms with van der Waals surface area (Å²) in [6.45, 7) is 0.0403. The minimum atomic E-state index is -0.911. The number of ether oxygens (including phenoxy) is 2. The number of likely N-dealkylation sites (tertiary alicyclic amines) is 1. The van der Waals surface area contributed by atoms with Crippen LogP contribution in [0.2, 0.25) is 0 Å². The van der Waals surface area contributed by atoms with Crippen LogP contribution in [-0.2, 0) is 16.1 Å². The Morgan fingerprint density at radius 3 is 2.16 bits per heavy atom.